The number of nitrogens with one attached hydrogen (secondary N) is 2. The molecule has 0 aliphatic heterocycles. The van der Waals surface area contributed by atoms with Crippen molar-refractivity contribution in [2.24, 2.45) is 0 Å². The molecular weight excluding hydrogens is 280 g/mol. The van der Waals surface area contributed by atoms with E-state index in [-0.39, 0.29) is 0 Å². The van der Waals surface area contributed by atoms with Crippen molar-refractivity contribution in [3.8, 4) is 0 Å². The van der Waals surface area contributed by atoms with E-state index in [4.69, 9.17) is 0 Å². The molecule has 3 aromatic rings. The predicted octanol–water partition coefficient (Wildman–Crippen LogP) is 6.10. The van der Waals surface area contributed by atoms with Crippen LogP contribution in [0.1, 0.15) is 16.7 Å². The molecule has 0 unspecified atom stereocenters. The first kappa shape index (κ1) is 15.2. The quantitative estimate of drug-likeness (QED) is 0.608. The van der Waals surface area contributed by atoms with Crippen LogP contribution < -0.4 is 10.6 Å². The Morgan fingerprint density at radius 1 is 0.522 bits per heavy atom. The number of aryl methyl sites for hydroxylation is 2. The van der Waals surface area contributed by atoms with Crippen LogP contribution in [0, 0.1) is 20.8 Å². The maximum Gasteiger partial charge on any atom is 0.0416 e. The van der Waals surface area contributed by atoms with Crippen molar-refractivity contribution >= 4 is 22.7 Å². The molecule has 0 atom stereocenters. The third kappa shape index (κ3) is 3.54. The molecule has 0 aliphatic rings. The highest BCUT2D eigenvalue weighted by Gasteiger charge is 2.02. The highest BCUT2D eigenvalue weighted by molar-refractivity contribution is 5.68. The molecule has 0 spiro atoms. The molecule has 116 valence electrons. The lowest BCUT2D eigenvalue weighted by molar-refractivity contribution is 1.33. The van der Waals surface area contributed by atoms with E-state index < -0.39 is 0 Å². The van der Waals surface area contributed by atoms with Gasteiger partial charge in [0.05, 0.1) is 0 Å². The number of anilines is 4. The topological polar surface area (TPSA) is 24.1 Å². The van der Waals surface area contributed by atoms with Gasteiger partial charge < -0.3 is 10.6 Å². The maximum absolute atomic E-state index is 3.49. The van der Waals surface area contributed by atoms with Gasteiger partial charge in [0, 0.05) is 22.7 Å². The highest BCUT2D eigenvalue weighted by Crippen LogP contribution is 2.25. The average Bonchev–Trinajstić information content (AvgIpc) is 2.56. The number of hydrogen-bond donors (Lipinski definition) is 2. The molecule has 0 aliphatic carbocycles. The SMILES string of the molecule is Cc1ccccc1Nc1ccc(Nc2cccc(C)c2C)cc1. The van der Waals surface area contributed by atoms with Crippen LogP contribution in [0.2, 0.25) is 0 Å². The molecule has 0 aromatic heterocycles. The Kier molecular flexibility index (Phi) is 4.33. The Morgan fingerprint density at radius 3 is 1.70 bits per heavy atom. The summed E-state index contributed by atoms with van der Waals surface area (Å²) in [6.45, 7) is 6.39. The minimum Gasteiger partial charge on any atom is -0.355 e. The van der Waals surface area contributed by atoms with Crippen LogP contribution in [-0.4, -0.2) is 0 Å². The summed E-state index contributed by atoms with van der Waals surface area (Å²) in [6, 6.07) is 23.0. The van der Waals surface area contributed by atoms with Gasteiger partial charge in [-0.15, -0.1) is 0 Å². The van der Waals surface area contributed by atoms with Gasteiger partial charge in [0.15, 0.2) is 0 Å². The van der Waals surface area contributed by atoms with E-state index in [1.165, 1.54) is 16.7 Å². The second-order valence-corrected chi connectivity index (χ2v) is 5.89. The van der Waals surface area contributed by atoms with Gasteiger partial charge in [-0.2, -0.15) is 0 Å². The van der Waals surface area contributed by atoms with E-state index in [1.54, 1.807) is 0 Å². The van der Waals surface area contributed by atoms with Gasteiger partial charge in [0.2, 0.25) is 0 Å². The summed E-state index contributed by atoms with van der Waals surface area (Å²) >= 11 is 0. The number of hydrogen-bond acceptors (Lipinski definition) is 2. The Labute approximate surface area is 138 Å². The van der Waals surface area contributed by atoms with Crippen LogP contribution in [-0.2, 0) is 0 Å². The summed E-state index contributed by atoms with van der Waals surface area (Å²) in [5.41, 5.74) is 8.31. The zero-order chi connectivity index (χ0) is 16.2. The summed E-state index contributed by atoms with van der Waals surface area (Å²) < 4.78 is 0. The summed E-state index contributed by atoms with van der Waals surface area (Å²) in [5, 5.41) is 6.94. The van der Waals surface area contributed by atoms with E-state index in [9.17, 15) is 0 Å². The van der Waals surface area contributed by atoms with Crippen molar-refractivity contribution in [2.75, 3.05) is 10.6 Å². The fraction of sp³-hybridized carbons (Fsp3) is 0.143. The number of para-hydroxylation sites is 1. The predicted molar refractivity (Wildman–Crippen MR) is 100 cm³/mol. The molecule has 0 bridgehead atoms. The molecule has 0 radical (unpaired) electrons. The summed E-state index contributed by atoms with van der Waals surface area (Å²) in [4.78, 5) is 0. The van der Waals surface area contributed by atoms with Crippen molar-refractivity contribution in [1.82, 2.24) is 0 Å². The monoisotopic (exact) mass is 302 g/mol. The summed E-state index contributed by atoms with van der Waals surface area (Å²) in [6.07, 6.45) is 0. The van der Waals surface area contributed by atoms with Gasteiger partial charge in [0.1, 0.15) is 0 Å². The molecule has 23 heavy (non-hydrogen) atoms. The first-order valence-corrected chi connectivity index (χ1v) is 7.89. The largest absolute Gasteiger partial charge is 0.355 e. The van der Waals surface area contributed by atoms with Gasteiger partial charge in [-0.25, -0.2) is 0 Å². The van der Waals surface area contributed by atoms with Crippen molar-refractivity contribution < 1.29 is 0 Å². The highest BCUT2D eigenvalue weighted by atomic mass is 14.9. The first-order valence-electron chi connectivity index (χ1n) is 7.89. The lowest BCUT2D eigenvalue weighted by atomic mass is 10.1. The Morgan fingerprint density at radius 2 is 1.04 bits per heavy atom. The lowest BCUT2D eigenvalue weighted by Gasteiger charge is -2.13. The molecule has 0 saturated carbocycles. The number of benzene rings is 3. The Hall–Kier alpha value is -2.74. The van der Waals surface area contributed by atoms with Gasteiger partial charge in [-0.3, -0.25) is 0 Å². The standard InChI is InChI=1S/C21H22N2/c1-15-8-6-10-21(17(15)3)23-19-13-11-18(12-14-19)22-20-9-5-4-7-16(20)2/h4-14,22-23H,1-3H3. The summed E-state index contributed by atoms with van der Waals surface area (Å²) in [5.74, 6) is 0. The third-order valence-corrected chi connectivity index (χ3v) is 4.19. The van der Waals surface area contributed by atoms with E-state index in [1.807, 2.05) is 6.07 Å². The molecular formula is C21H22N2. The summed E-state index contributed by atoms with van der Waals surface area (Å²) in [7, 11) is 0. The lowest BCUT2D eigenvalue weighted by Crippen LogP contribution is -1.96. The van der Waals surface area contributed by atoms with Gasteiger partial charge in [-0.05, 0) is 73.9 Å². The van der Waals surface area contributed by atoms with Crippen LogP contribution in [0.15, 0.2) is 66.7 Å². The molecule has 2 N–H and O–H groups in total. The Balaban J connectivity index is 1.75. The van der Waals surface area contributed by atoms with Gasteiger partial charge >= 0.3 is 0 Å². The van der Waals surface area contributed by atoms with E-state index in [0.29, 0.717) is 0 Å². The minimum atomic E-state index is 1.09. The van der Waals surface area contributed by atoms with Gasteiger partial charge in [-0.1, -0.05) is 30.3 Å². The van der Waals surface area contributed by atoms with Crippen LogP contribution in [0.3, 0.4) is 0 Å². The fourth-order valence-corrected chi connectivity index (χ4v) is 2.55. The molecule has 2 nitrogen and oxygen atoms in total. The third-order valence-electron chi connectivity index (χ3n) is 4.19. The zero-order valence-corrected chi connectivity index (χ0v) is 13.9. The van der Waals surface area contributed by atoms with Crippen LogP contribution in [0.25, 0.3) is 0 Å². The molecule has 2 heteroatoms. The minimum absolute atomic E-state index is 1.09. The Bertz CT molecular complexity index is 804. The second kappa shape index (κ2) is 6.57. The van der Waals surface area contributed by atoms with Crippen molar-refractivity contribution in [3.05, 3.63) is 83.4 Å². The fourth-order valence-electron chi connectivity index (χ4n) is 2.55. The van der Waals surface area contributed by atoms with Crippen LogP contribution in [0.5, 0.6) is 0 Å². The smallest absolute Gasteiger partial charge is 0.0416 e. The zero-order valence-electron chi connectivity index (χ0n) is 13.9. The molecule has 0 saturated heterocycles. The molecule has 3 rings (SSSR count). The van der Waals surface area contributed by atoms with Crippen LogP contribution in [0.4, 0.5) is 22.7 Å². The first-order chi connectivity index (χ1) is 11.1. The molecule has 0 heterocycles. The van der Waals surface area contributed by atoms with Gasteiger partial charge in [0.25, 0.3) is 0 Å². The van der Waals surface area contributed by atoms with Crippen LogP contribution >= 0.6 is 0 Å². The second-order valence-electron chi connectivity index (χ2n) is 5.89. The maximum atomic E-state index is 3.49. The number of rotatable bonds is 4. The molecule has 0 fully saturated rings. The molecule has 0 amide bonds. The molecule has 3 aromatic carbocycles. The van der Waals surface area contributed by atoms with Crippen molar-refractivity contribution in [3.63, 3.8) is 0 Å². The van der Waals surface area contributed by atoms with E-state index in [2.05, 4.69) is 92.1 Å². The van der Waals surface area contributed by atoms with Crippen molar-refractivity contribution in [1.29, 1.82) is 0 Å². The van der Waals surface area contributed by atoms with E-state index >= 15 is 0 Å². The van der Waals surface area contributed by atoms with Crippen molar-refractivity contribution in [2.45, 2.75) is 20.8 Å². The average molecular weight is 302 g/mol. The van der Waals surface area contributed by atoms with E-state index in [0.717, 1.165) is 22.7 Å². The normalized spacial score (nSPS) is 10.4.